The third-order valence-corrected chi connectivity index (χ3v) is 5.31. The van der Waals surface area contributed by atoms with E-state index in [1.165, 1.54) is 5.56 Å². The normalized spacial score (nSPS) is 13.4. The van der Waals surface area contributed by atoms with Crippen LogP contribution in [-0.4, -0.2) is 21.1 Å². The predicted octanol–water partition coefficient (Wildman–Crippen LogP) is 4.84. The number of ether oxygens (including phenoxy) is 1. The van der Waals surface area contributed by atoms with E-state index in [4.69, 9.17) is 16.3 Å². The third kappa shape index (κ3) is 2.54. The van der Waals surface area contributed by atoms with Gasteiger partial charge in [-0.2, -0.15) is 0 Å². The number of rotatable bonds is 2. The van der Waals surface area contributed by atoms with Crippen molar-refractivity contribution >= 4 is 22.9 Å². The van der Waals surface area contributed by atoms with Gasteiger partial charge in [0.05, 0.1) is 16.4 Å². The van der Waals surface area contributed by atoms with Gasteiger partial charge in [-0.15, -0.1) is 11.3 Å². The van der Waals surface area contributed by atoms with E-state index in [1.54, 1.807) is 17.4 Å². The quantitative estimate of drug-likeness (QED) is 0.624. The second-order valence-electron chi connectivity index (χ2n) is 5.80. The van der Waals surface area contributed by atoms with Crippen molar-refractivity contribution in [3.05, 3.63) is 41.3 Å². The summed E-state index contributed by atoms with van der Waals surface area (Å²) >= 11 is 7.80. The van der Waals surface area contributed by atoms with E-state index in [0.717, 1.165) is 33.4 Å². The van der Waals surface area contributed by atoms with Gasteiger partial charge in [0.1, 0.15) is 22.4 Å². The molecule has 0 saturated carbocycles. The van der Waals surface area contributed by atoms with E-state index in [-0.39, 0.29) is 0 Å². The van der Waals surface area contributed by atoms with E-state index < -0.39 is 0 Å². The Balaban J connectivity index is 1.87. The molecular formula is C17H16ClN3OS. The summed E-state index contributed by atoms with van der Waals surface area (Å²) in [4.78, 5) is 11.3. The molecule has 0 fully saturated rings. The molecule has 0 radical (unpaired) electrons. The second kappa shape index (κ2) is 5.65. The summed E-state index contributed by atoms with van der Waals surface area (Å²) in [5.41, 5.74) is 2.08. The highest BCUT2D eigenvalue weighted by molar-refractivity contribution is 7.19. The molecule has 4 heterocycles. The Kier molecular flexibility index (Phi) is 3.62. The van der Waals surface area contributed by atoms with Crippen LogP contribution in [-0.2, 0) is 6.42 Å². The lowest BCUT2D eigenvalue weighted by Crippen LogP contribution is -2.01. The van der Waals surface area contributed by atoms with E-state index >= 15 is 0 Å². The smallest absolute Gasteiger partial charge is 0.150 e. The monoisotopic (exact) mass is 345 g/mol. The molecule has 3 aromatic heterocycles. The number of fused-ring (bicyclic) bond motifs is 3. The summed E-state index contributed by atoms with van der Waals surface area (Å²) in [6.07, 6.45) is 4.74. The Bertz CT molecular complexity index is 869. The molecule has 0 N–H and O–H groups in total. The first-order valence-electron chi connectivity index (χ1n) is 7.59. The second-order valence-corrected chi connectivity index (χ2v) is 7.24. The summed E-state index contributed by atoms with van der Waals surface area (Å²) in [6.45, 7) is 4.97. The zero-order chi connectivity index (χ0) is 16.0. The van der Waals surface area contributed by atoms with Crippen molar-refractivity contribution in [2.75, 3.05) is 6.61 Å². The molecule has 0 amide bonds. The maximum Gasteiger partial charge on any atom is 0.150 e. The van der Waals surface area contributed by atoms with Crippen LogP contribution in [0.1, 0.15) is 25.5 Å². The number of aromatic nitrogens is 3. The molecule has 0 saturated heterocycles. The molecule has 0 atom stereocenters. The number of pyridine rings is 1. The minimum absolute atomic E-state index is 0.373. The summed E-state index contributed by atoms with van der Waals surface area (Å²) in [5.74, 6) is 1.80. The van der Waals surface area contributed by atoms with E-state index in [9.17, 15) is 0 Å². The van der Waals surface area contributed by atoms with Crippen LogP contribution in [0.2, 0.25) is 5.15 Å². The van der Waals surface area contributed by atoms with Crippen molar-refractivity contribution in [3.63, 3.8) is 0 Å². The summed E-state index contributed by atoms with van der Waals surface area (Å²) in [5, 5.41) is 0.485. The first kappa shape index (κ1) is 14.7. The molecule has 0 aliphatic carbocycles. The number of hydrogen-bond acceptors (Lipinski definition) is 4. The van der Waals surface area contributed by atoms with Gasteiger partial charge >= 0.3 is 0 Å². The van der Waals surface area contributed by atoms with E-state index in [1.807, 2.05) is 18.5 Å². The molecule has 0 spiro atoms. The van der Waals surface area contributed by atoms with Crippen LogP contribution < -0.4 is 4.74 Å². The van der Waals surface area contributed by atoms with Crippen molar-refractivity contribution in [2.45, 2.75) is 26.3 Å². The largest absolute Gasteiger partial charge is 0.491 e. The molecule has 3 aromatic rings. The third-order valence-electron chi connectivity index (χ3n) is 3.92. The van der Waals surface area contributed by atoms with Gasteiger partial charge in [0.2, 0.25) is 0 Å². The van der Waals surface area contributed by atoms with Crippen LogP contribution >= 0.6 is 22.9 Å². The lowest BCUT2D eigenvalue weighted by atomic mass is 10.1. The highest BCUT2D eigenvalue weighted by Gasteiger charge is 2.22. The fourth-order valence-electron chi connectivity index (χ4n) is 2.82. The molecule has 0 unspecified atom stereocenters. The molecule has 4 rings (SSSR count). The van der Waals surface area contributed by atoms with Gasteiger partial charge in [0.15, 0.2) is 0 Å². The van der Waals surface area contributed by atoms with Crippen molar-refractivity contribution in [3.8, 4) is 27.0 Å². The highest BCUT2D eigenvalue weighted by atomic mass is 35.5. The van der Waals surface area contributed by atoms with Crippen LogP contribution in [0.3, 0.4) is 0 Å². The summed E-state index contributed by atoms with van der Waals surface area (Å²) in [6, 6.07) is 6.25. The van der Waals surface area contributed by atoms with Gasteiger partial charge in [-0.3, -0.25) is 0 Å². The van der Waals surface area contributed by atoms with Crippen LogP contribution in [0.25, 0.3) is 21.3 Å². The Morgan fingerprint density at radius 1 is 1.35 bits per heavy atom. The topological polar surface area (TPSA) is 39.9 Å². The minimum atomic E-state index is 0.373. The van der Waals surface area contributed by atoms with Gasteiger partial charge in [-0.25, -0.2) is 9.97 Å². The molecule has 23 heavy (non-hydrogen) atoms. The van der Waals surface area contributed by atoms with Gasteiger partial charge in [0.25, 0.3) is 0 Å². The van der Waals surface area contributed by atoms with E-state index in [2.05, 4.69) is 34.4 Å². The van der Waals surface area contributed by atoms with Crippen molar-refractivity contribution < 1.29 is 4.74 Å². The fraction of sp³-hybridized carbons (Fsp3) is 0.294. The van der Waals surface area contributed by atoms with Crippen LogP contribution in [0.15, 0.2) is 30.6 Å². The first-order chi connectivity index (χ1) is 11.1. The van der Waals surface area contributed by atoms with Crippen LogP contribution in [0.5, 0.6) is 5.75 Å². The maximum absolute atomic E-state index is 6.09. The first-order valence-corrected chi connectivity index (χ1v) is 8.78. The number of nitrogens with zero attached hydrogens (tertiary/aromatic N) is 3. The molecule has 4 nitrogen and oxygen atoms in total. The zero-order valence-electron chi connectivity index (χ0n) is 12.9. The van der Waals surface area contributed by atoms with Gasteiger partial charge in [0, 0.05) is 24.9 Å². The number of thiophene rings is 1. The molecular weight excluding hydrogens is 330 g/mol. The van der Waals surface area contributed by atoms with E-state index in [0.29, 0.717) is 17.8 Å². The Morgan fingerprint density at radius 2 is 2.22 bits per heavy atom. The molecule has 6 heteroatoms. The fourth-order valence-corrected chi connectivity index (χ4v) is 4.17. The lowest BCUT2D eigenvalue weighted by molar-refractivity contribution is 0.325. The minimum Gasteiger partial charge on any atom is -0.491 e. The Morgan fingerprint density at radius 3 is 3.04 bits per heavy atom. The van der Waals surface area contributed by atoms with Gasteiger partial charge in [-0.1, -0.05) is 11.6 Å². The number of hydrogen-bond donors (Lipinski definition) is 0. The predicted molar refractivity (Wildman–Crippen MR) is 93.4 cm³/mol. The average molecular weight is 346 g/mol. The van der Waals surface area contributed by atoms with Gasteiger partial charge < -0.3 is 9.30 Å². The molecule has 118 valence electrons. The molecule has 1 aliphatic rings. The van der Waals surface area contributed by atoms with Crippen LogP contribution in [0, 0.1) is 0 Å². The van der Waals surface area contributed by atoms with Crippen molar-refractivity contribution in [1.82, 2.24) is 14.5 Å². The van der Waals surface area contributed by atoms with Gasteiger partial charge in [-0.05, 0) is 37.6 Å². The lowest BCUT2D eigenvalue weighted by Gasteiger charge is -2.10. The van der Waals surface area contributed by atoms with Crippen molar-refractivity contribution in [2.24, 2.45) is 0 Å². The molecule has 0 bridgehead atoms. The average Bonchev–Trinajstić information content (AvgIpc) is 3.12. The summed E-state index contributed by atoms with van der Waals surface area (Å²) in [7, 11) is 0. The zero-order valence-corrected chi connectivity index (χ0v) is 14.5. The number of halogens is 1. The maximum atomic E-state index is 6.09. The number of imidazole rings is 1. The van der Waals surface area contributed by atoms with Crippen LogP contribution in [0.4, 0.5) is 0 Å². The molecule has 0 aromatic carbocycles. The standard InChI is InChI=1S/C17H16ClN3OS/c1-10(2)21-7-6-19-17(21)13-9-11-5-8-22-12-3-4-14(18)20-15(12)16(11)23-13/h3-4,6-7,9-10H,5,8H2,1-2H3. The highest BCUT2D eigenvalue weighted by Crippen LogP contribution is 2.43. The van der Waals surface area contributed by atoms with Crippen molar-refractivity contribution in [1.29, 1.82) is 0 Å². The SMILES string of the molecule is CC(C)n1ccnc1-c1cc2c(s1)-c1nc(Cl)ccc1OCC2. The molecule has 1 aliphatic heterocycles. The summed E-state index contributed by atoms with van der Waals surface area (Å²) < 4.78 is 7.99. The Labute approximate surface area is 143 Å². The Hall–Kier alpha value is -1.85.